The van der Waals surface area contributed by atoms with E-state index in [-0.39, 0.29) is 10.7 Å². The summed E-state index contributed by atoms with van der Waals surface area (Å²) in [5, 5.41) is 2.03. The van der Waals surface area contributed by atoms with Crippen LogP contribution in [0.5, 0.6) is 0 Å². The number of nitrogens with one attached hydrogen (secondary N) is 1. The number of hydrogen-bond donors (Lipinski definition) is 2. The molecule has 4 nitrogen and oxygen atoms in total. The molecule has 0 aliphatic heterocycles. The van der Waals surface area contributed by atoms with Crippen molar-refractivity contribution in [2.24, 2.45) is 5.73 Å². The number of alkyl halides is 2. The Labute approximate surface area is 95.9 Å². The van der Waals surface area contributed by atoms with Crippen LogP contribution in [0.1, 0.15) is 16.1 Å². The second-order valence-electron chi connectivity index (χ2n) is 2.90. The molecule has 0 bridgehead atoms. The number of halogens is 2. The van der Waals surface area contributed by atoms with Crippen LogP contribution in [0.3, 0.4) is 0 Å². The van der Waals surface area contributed by atoms with Crippen LogP contribution in [-0.2, 0) is 0 Å². The van der Waals surface area contributed by atoms with Gasteiger partial charge in [0.05, 0.1) is 6.54 Å². The van der Waals surface area contributed by atoms with Gasteiger partial charge in [0.2, 0.25) is 0 Å². The average molecular weight is 245 g/mol. The molecule has 0 aliphatic carbocycles. The van der Waals surface area contributed by atoms with Crippen LogP contribution >= 0.6 is 12.2 Å². The molecule has 1 heterocycles. The first-order chi connectivity index (χ1) is 7.50. The number of nitrogens with two attached hydrogens (primary N) is 1. The minimum absolute atomic E-state index is 0.0423. The number of rotatable bonds is 4. The van der Waals surface area contributed by atoms with Crippen LogP contribution in [0.4, 0.5) is 8.78 Å². The van der Waals surface area contributed by atoms with E-state index in [2.05, 4.69) is 4.98 Å². The molecule has 0 spiro atoms. The van der Waals surface area contributed by atoms with Gasteiger partial charge >= 0.3 is 0 Å². The van der Waals surface area contributed by atoms with E-state index >= 15 is 0 Å². The number of aromatic nitrogens is 1. The number of amides is 1. The summed E-state index contributed by atoms with van der Waals surface area (Å²) < 4.78 is 23.6. The lowest BCUT2D eigenvalue weighted by atomic mass is 10.2. The fourth-order valence-electron chi connectivity index (χ4n) is 0.934. The quantitative estimate of drug-likeness (QED) is 0.767. The zero-order valence-electron chi connectivity index (χ0n) is 8.11. The maximum Gasteiger partial charge on any atom is 0.270 e. The Morgan fingerprint density at radius 2 is 2.25 bits per heavy atom. The molecule has 3 N–H and O–H groups in total. The van der Waals surface area contributed by atoms with Crippen molar-refractivity contribution in [3.8, 4) is 0 Å². The highest BCUT2D eigenvalue weighted by Gasteiger charge is 2.10. The van der Waals surface area contributed by atoms with Crippen LogP contribution in [-0.4, -0.2) is 28.8 Å². The van der Waals surface area contributed by atoms with E-state index in [1.807, 2.05) is 5.32 Å². The van der Waals surface area contributed by atoms with Crippen LogP contribution < -0.4 is 11.1 Å². The third kappa shape index (κ3) is 3.50. The van der Waals surface area contributed by atoms with Gasteiger partial charge in [-0.3, -0.25) is 9.78 Å². The molecule has 0 fully saturated rings. The zero-order chi connectivity index (χ0) is 12.1. The fraction of sp³-hybridized carbons (Fsp3) is 0.222. The molecule has 0 saturated carbocycles. The van der Waals surface area contributed by atoms with Gasteiger partial charge in [-0.2, -0.15) is 0 Å². The maximum atomic E-state index is 11.8. The fourth-order valence-corrected chi connectivity index (χ4v) is 1.06. The molecule has 1 rings (SSSR count). The van der Waals surface area contributed by atoms with Gasteiger partial charge < -0.3 is 11.1 Å². The molecule has 0 unspecified atom stereocenters. The normalized spacial score (nSPS) is 10.2. The van der Waals surface area contributed by atoms with E-state index in [0.29, 0.717) is 5.56 Å². The van der Waals surface area contributed by atoms with Crippen molar-refractivity contribution in [3.63, 3.8) is 0 Å². The third-order valence-electron chi connectivity index (χ3n) is 1.70. The van der Waals surface area contributed by atoms with E-state index in [1.165, 1.54) is 18.3 Å². The highest BCUT2D eigenvalue weighted by atomic mass is 32.1. The van der Waals surface area contributed by atoms with E-state index < -0.39 is 18.9 Å². The molecule has 16 heavy (non-hydrogen) atoms. The third-order valence-corrected chi connectivity index (χ3v) is 1.93. The molecule has 0 aliphatic rings. The first-order valence-electron chi connectivity index (χ1n) is 4.33. The summed E-state index contributed by atoms with van der Waals surface area (Å²) in [7, 11) is 0. The molecule has 1 aromatic heterocycles. The second-order valence-corrected chi connectivity index (χ2v) is 3.34. The summed E-state index contributed by atoms with van der Waals surface area (Å²) >= 11 is 4.69. The van der Waals surface area contributed by atoms with Gasteiger partial charge in [-0.1, -0.05) is 12.2 Å². The molecule has 0 radical (unpaired) electrons. The molecule has 0 saturated heterocycles. The number of nitrogens with zero attached hydrogens (tertiary/aromatic N) is 1. The van der Waals surface area contributed by atoms with Crippen molar-refractivity contribution in [3.05, 3.63) is 29.6 Å². The predicted molar refractivity (Wildman–Crippen MR) is 58.5 cm³/mol. The van der Waals surface area contributed by atoms with Crippen molar-refractivity contribution in [2.45, 2.75) is 6.43 Å². The Morgan fingerprint density at radius 1 is 1.56 bits per heavy atom. The monoisotopic (exact) mass is 245 g/mol. The Balaban J connectivity index is 2.67. The van der Waals surface area contributed by atoms with Crippen LogP contribution in [0.2, 0.25) is 0 Å². The van der Waals surface area contributed by atoms with E-state index in [4.69, 9.17) is 18.0 Å². The summed E-state index contributed by atoms with van der Waals surface area (Å²) in [6.07, 6.45) is -1.26. The van der Waals surface area contributed by atoms with E-state index in [9.17, 15) is 13.6 Å². The number of carbonyl (C=O) groups is 1. The average Bonchev–Trinajstić information content (AvgIpc) is 2.26. The molecule has 7 heteroatoms. The Bertz CT molecular complexity index is 394. The number of hydrogen-bond acceptors (Lipinski definition) is 3. The summed E-state index contributed by atoms with van der Waals surface area (Å²) in [6.45, 7) is -0.697. The minimum Gasteiger partial charge on any atom is -0.389 e. The first kappa shape index (κ1) is 12.4. The summed E-state index contributed by atoms with van der Waals surface area (Å²) in [5.74, 6) is -0.658. The summed E-state index contributed by atoms with van der Waals surface area (Å²) in [5.41, 5.74) is 5.89. The Morgan fingerprint density at radius 3 is 2.69 bits per heavy atom. The first-order valence-corrected chi connectivity index (χ1v) is 4.73. The molecule has 1 amide bonds. The number of thiocarbonyl (C=S) groups is 1. The predicted octanol–water partition coefficient (Wildman–Crippen LogP) is 0.711. The largest absolute Gasteiger partial charge is 0.389 e. The Hall–Kier alpha value is -1.63. The lowest BCUT2D eigenvalue weighted by molar-refractivity contribution is 0.0887. The Kier molecular flexibility index (Phi) is 4.24. The van der Waals surface area contributed by atoms with Crippen LogP contribution in [0, 0.1) is 0 Å². The highest BCUT2D eigenvalue weighted by Crippen LogP contribution is 2.00. The van der Waals surface area contributed by atoms with Gasteiger partial charge in [0.1, 0.15) is 10.7 Å². The standard InChI is InChI=1S/C9H9F2N3OS/c10-7(11)4-14-9(15)6-2-1-5(3-13-6)8(12)16/h1-3,7H,4H2,(H2,12,16)(H,14,15). The van der Waals surface area contributed by atoms with E-state index in [0.717, 1.165) is 0 Å². The lowest BCUT2D eigenvalue weighted by Gasteiger charge is -2.04. The molecular formula is C9H9F2N3OS. The molecule has 86 valence electrons. The maximum absolute atomic E-state index is 11.8. The van der Waals surface area contributed by atoms with Gasteiger partial charge in [0, 0.05) is 11.8 Å². The molecule has 0 aromatic carbocycles. The highest BCUT2D eigenvalue weighted by molar-refractivity contribution is 7.80. The summed E-state index contributed by atoms with van der Waals surface area (Å²) in [6, 6.07) is 2.88. The van der Waals surface area contributed by atoms with Gasteiger partial charge in [-0.15, -0.1) is 0 Å². The van der Waals surface area contributed by atoms with Crippen molar-refractivity contribution in [1.82, 2.24) is 10.3 Å². The van der Waals surface area contributed by atoms with Crippen molar-refractivity contribution < 1.29 is 13.6 Å². The molecule has 0 atom stereocenters. The minimum atomic E-state index is -2.58. The van der Waals surface area contributed by atoms with Crippen LogP contribution in [0.25, 0.3) is 0 Å². The van der Waals surface area contributed by atoms with E-state index in [1.54, 1.807) is 0 Å². The van der Waals surface area contributed by atoms with Crippen LogP contribution in [0.15, 0.2) is 18.3 Å². The topological polar surface area (TPSA) is 68.0 Å². The number of carbonyl (C=O) groups excluding carboxylic acids is 1. The summed E-state index contributed by atoms with van der Waals surface area (Å²) in [4.78, 5) is 15.2. The second kappa shape index (κ2) is 5.45. The lowest BCUT2D eigenvalue weighted by Crippen LogP contribution is -2.29. The van der Waals surface area contributed by atoms with Crippen molar-refractivity contribution in [2.75, 3.05) is 6.54 Å². The number of pyridine rings is 1. The SMILES string of the molecule is NC(=S)c1ccc(C(=O)NCC(F)F)nc1. The van der Waals surface area contributed by atoms with Gasteiger partial charge in [-0.25, -0.2) is 8.78 Å². The van der Waals surface area contributed by atoms with Crippen molar-refractivity contribution in [1.29, 1.82) is 0 Å². The van der Waals surface area contributed by atoms with Gasteiger partial charge in [0.25, 0.3) is 12.3 Å². The van der Waals surface area contributed by atoms with Gasteiger partial charge in [-0.05, 0) is 12.1 Å². The van der Waals surface area contributed by atoms with Crippen molar-refractivity contribution >= 4 is 23.1 Å². The molecular weight excluding hydrogens is 236 g/mol. The van der Waals surface area contributed by atoms with Gasteiger partial charge in [0.15, 0.2) is 0 Å². The smallest absolute Gasteiger partial charge is 0.270 e. The molecule has 1 aromatic rings. The zero-order valence-corrected chi connectivity index (χ0v) is 8.93.